The van der Waals surface area contributed by atoms with E-state index < -0.39 is 0 Å². The number of nitrogens with one attached hydrogen (secondary N) is 2. The number of nitrogens with zero attached hydrogens (tertiary/aromatic N) is 2. The topological polar surface area (TPSA) is 64.7 Å². The fourth-order valence-corrected chi connectivity index (χ4v) is 4.02. The second-order valence-corrected chi connectivity index (χ2v) is 8.53. The number of aryl methyl sites for hydroxylation is 2. The molecule has 1 saturated carbocycles. The standard InChI is InChI=1S/C26H36N4O2/c1-5-29(6-2)22-12-10-21(11-13-22)27-24(31)16-17-30(23-14-15-23)18-25(32)28-26-19(3)8-7-9-20(26)4/h7-13,23H,5-6,14-18H2,1-4H3,(H,27,31)(H,28,32). The van der Waals surface area contributed by atoms with Crippen LogP contribution >= 0.6 is 0 Å². The molecule has 0 aromatic heterocycles. The van der Waals surface area contributed by atoms with Crippen molar-refractivity contribution in [2.45, 2.75) is 53.0 Å². The van der Waals surface area contributed by atoms with Crippen LogP contribution in [0.25, 0.3) is 0 Å². The van der Waals surface area contributed by atoms with Crippen LogP contribution in [0.3, 0.4) is 0 Å². The number of carbonyl (C=O) groups excluding carboxylic acids is 2. The molecule has 0 bridgehead atoms. The first-order valence-electron chi connectivity index (χ1n) is 11.7. The highest BCUT2D eigenvalue weighted by Gasteiger charge is 2.30. The molecule has 2 amide bonds. The highest BCUT2D eigenvalue weighted by atomic mass is 16.2. The summed E-state index contributed by atoms with van der Waals surface area (Å²) in [6.45, 7) is 11.1. The predicted molar refractivity (Wildman–Crippen MR) is 132 cm³/mol. The van der Waals surface area contributed by atoms with Gasteiger partial charge in [-0.25, -0.2) is 0 Å². The molecule has 6 nitrogen and oxygen atoms in total. The Hall–Kier alpha value is -2.86. The Bertz CT molecular complexity index is 898. The van der Waals surface area contributed by atoms with Crippen molar-refractivity contribution in [3.63, 3.8) is 0 Å². The highest BCUT2D eigenvalue weighted by molar-refractivity contribution is 5.94. The first-order valence-corrected chi connectivity index (χ1v) is 11.7. The Balaban J connectivity index is 1.50. The van der Waals surface area contributed by atoms with Gasteiger partial charge in [0.15, 0.2) is 0 Å². The average Bonchev–Trinajstić information content (AvgIpc) is 3.61. The minimum atomic E-state index is -0.0265. The molecule has 2 N–H and O–H groups in total. The van der Waals surface area contributed by atoms with Crippen molar-refractivity contribution in [2.75, 3.05) is 41.7 Å². The highest BCUT2D eigenvalue weighted by Crippen LogP contribution is 2.27. The van der Waals surface area contributed by atoms with Gasteiger partial charge in [0.2, 0.25) is 11.8 Å². The van der Waals surface area contributed by atoms with Crippen molar-refractivity contribution in [3.05, 3.63) is 53.6 Å². The van der Waals surface area contributed by atoms with Crippen molar-refractivity contribution in [3.8, 4) is 0 Å². The third-order valence-corrected chi connectivity index (χ3v) is 6.06. The maximum atomic E-state index is 12.7. The summed E-state index contributed by atoms with van der Waals surface area (Å²) < 4.78 is 0. The summed E-state index contributed by atoms with van der Waals surface area (Å²) in [6, 6.07) is 14.4. The van der Waals surface area contributed by atoms with Crippen LogP contribution in [-0.2, 0) is 9.59 Å². The molecule has 32 heavy (non-hydrogen) atoms. The quantitative estimate of drug-likeness (QED) is 0.541. The van der Waals surface area contributed by atoms with Crippen molar-refractivity contribution in [2.24, 2.45) is 0 Å². The van der Waals surface area contributed by atoms with Crippen LogP contribution in [0, 0.1) is 13.8 Å². The predicted octanol–water partition coefficient (Wildman–Crippen LogP) is 4.58. The maximum Gasteiger partial charge on any atom is 0.238 e. The molecule has 1 fully saturated rings. The number of rotatable bonds is 11. The Labute approximate surface area is 192 Å². The fourth-order valence-electron chi connectivity index (χ4n) is 4.02. The molecule has 6 heteroatoms. The van der Waals surface area contributed by atoms with Gasteiger partial charge in [-0.1, -0.05) is 18.2 Å². The second kappa shape index (κ2) is 11.1. The number of benzene rings is 2. The van der Waals surface area contributed by atoms with Gasteiger partial charge < -0.3 is 15.5 Å². The fraction of sp³-hybridized carbons (Fsp3) is 0.462. The minimum absolute atomic E-state index is 0.0262. The second-order valence-electron chi connectivity index (χ2n) is 8.53. The zero-order chi connectivity index (χ0) is 23.1. The van der Waals surface area contributed by atoms with Crippen LogP contribution < -0.4 is 15.5 Å². The maximum absolute atomic E-state index is 12.7. The molecule has 0 unspecified atom stereocenters. The van der Waals surface area contributed by atoms with Crippen molar-refractivity contribution in [1.82, 2.24) is 4.90 Å². The number of hydrogen-bond acceptors (Lipinski definition) is 4. The summed E-state index contributed by atoms with van der Waals surface area (Å²) in [6.07, 6.45) is 2.54. The zero-order valence-corrected chi connectivity index (χ0v) is 19.8. The van der Waals surface area contributed by atoms with E-state index in [0.717, 1.165) is 54.1 Å². The van der Waals surface area contributed by atoms with E-state index in [1.165, 1.54) is 0 Å². The van der Waals surface area contributed by atoms with E-state index in [2.05, 4.69) is 34.3 Å². The summed E-state index contributed by atoms with van der Waals surface area (Å²) in [7, 11) is 0. The number of anilines is 3. The van der Waals surface area contributed by atoms with Crippen LogP contribution in [-0.4, -0.2) is 48.9 Å². The minimum Gasteiger partial charge on any atom is -0.372 e. The van der Waals surface area contributed by atoms with Gasteiger partial charge in [-0.2, -0.15) is 0 Å². The summed E-state index contributed by atoms with van der Waals surface area (Å²) in [5.41, 5.74) is 4.96. The molecule has 3 rings (SSSR count). The van der Waals surface area contributed by atoms with Crippen molar-refractivity contribution < 1.29 is 9.59 Å². The molecule has 0 heterocycles. The Kier molecular flexibility index (Phi) is 8.28. The Morgan fingerprint density at radius 2 is 1.53 bits per heavy atom. The number of carbonyl (C=O) groups is 2. The summed E-state index contributed by atoms with van der Waals surface area (Å²) >= 11 is 0. The van der Waals surface area contributed by atoms with E-state index in [1.807, 2.05) is 56.3 Å². The third kappa shape index (κ3) is 6.57. The molecule has 0 atom stereocenters. The third-order valence-electron chi connectivity index (χ3n) is 6.06. The van der Waals surface area contributed by atoms with Gasteiger partial charge in [0, 0.05) is 49.2 Å². The summed E-state index contributed by atoms with van der Waals surface area (Å²) in [5, 5.41) is 6.04. The van der Waals surface area contributed by atoms with Crippen LogP contribution in [0.1, 0.15) is 44.2 Å². The largest absolute Gasteiger partial charge is 0.372 e. The number of para-hydroxylation sites is 1. The lowest BCUT2D eigenvalue weighted by atomic mass is 10.1. The molecular weight excluding hydrogens is 400 g/mol. The van der Waals surface area contributed by atoms with E-state index in [4.69, 9.17) is 0 Å². The van der Waals surface area contributed by atoms with Gasteiger partial charge in [-0.15, -0.1) is 0 Å². The van der Waals surface area contributed by atoms with Gasteiger partial charge in [0.05, 0.1) is 6.54 Å². The lowest BCUT2D eigenvalue weighted by Gasteiger charge is -2.22. The molecule has 0 spiro atoms. The first-order chi connectivity index (χ1) is 15.4. The smallest absolute Gasteiger partial charge is 0.238 e. The van der Waals surface area contributed by atoms with Gasteiger partial charge in [0.1, 0.15) is 0 Å². The Morgan fingerprint density at radius 1 is 0.906 bits per heavy atom. The van der Waals surface area contributed by atoms with Crippen LogP contribution in [0.4, 0.5) is 17.1 Å². The number of amides is 2. The first kappa shape index (κ1) is 23.8. The van der Waals surface area contributed by atoms with E-state index in [0.29, 0.717) is 25.6 Å². The summed E-state index contributed by atoms with van der Waals surface area (Å²) in [4.78, 5) is 29.6. The van der Waals surface area contributed by atoms with Crippen LogP contribution in [0.5, 0.6) is 0 Å². The molecule has 1 aliphatic rings. The van der Waals surface area contributed by atoms with Crippen molar-refractivity contribution in [1.29, 1.82) is 0 Å². The molecule has 0 aliphatic heterocycles. The van der Waals surface area contributed by atoms with Crippen LogP contribution in [0.2, 0.25) is 0 Å². The van der Waals surface area contributed by atoms with Gasteiger partial charge in [-0.05, 0) is 75.9 Å². The molecular formula is C26H36N4O2. The van der Waals surface area contributed by atoms with Gasteiger partial charge in [0.25, 0.3) is 0 Å². The average molecular weight is 437 g/mol. The Morgan fingerprint density at radius 3 is 2.09 bits per heavy atom. The SMILES string of the molecule is CCN(CC)c1ccc(NC(=O)CCN(CC(=O)Nc2c(C)cccc2C)C2CC2)cc1. The van der Waals surface area contributed by atoms with Crippen molar-refractivity contribution >= 4 is 28.9 Å². The van der Waals surface area contributed by atoms with E-state index in [1.54, 1.807) is 0 Å². The monoisotopic (exact) mass is 436 g/mol. The normalized spacial score (nSPS) is 13.2. The van der Waals surface area contributed by atoms with Gasteiger partial charge in [-0.3, -0.25) is 14.5 Å². The molecule has 0 saturated heterocycles. The lowest BCUT2D eigenvalue weighted by molar-refractivity contribution is -0.119. The molecule has 0 radical (unpaired) electrons. The van der Waals surface area contributed by atoms with E-state index in [-0.39, 0.29) is 11.8 Å². The molecule has 1 aliphatic carbocycles. The molecule has 172 valence electrons. The van der Waals surface area contributed by atoms with Crippen LogP contribution in [0.15, 0.2) is 42.5 Å². The summed E-state index contributed by atoms with van der Waals surface area (Å²) in [5.74, 6) is -0.0527. The van der Waals surface area contributed by atoms with E-state index in [9.17, 15) is 9.59 Å². The van der Waals surface area contributed by atoms with E-state index >= 15 is 0 Å². The molecule has 2 aromatic rings. The lowest BCUT2D eigenvalue weighted by Crippen LogP contribution is -2.37. The molecule has 2 aromatic carbocycles. The number of hydrogen-bond donors (Lipinski definition) is 2. The zero-order valence-electron chi connectivity index (χ0n) is 19.8. The van der Waals surface area contributed by atoms with Gasteiger partial charge >= 0.3 is 0 Å².